The molecular weight excluding hydrogens is 454 g/mol. The normalized spacial score (nSPS) is 13.8. The monoisotopic (exact) mass is 487 g/mol. The van der Waals surface area contributed by atoms with Gasteiger partial charge in [0.15, 0.2) is 11.5 Å². The minimum absolute atomic E-state index is 0.184. The van der Waals surface area contributed by atoms with Crippen molar-refractivity contribution in [1.29, 1.82) is 0 Å². The predicted molar refractivity (Wildman–Crippen MR) is 145 cm³/mol. The first-order valence-electron chi connectivity index (χ1n) is 12.2. The fourth-order valence-corrected chi connectivity index (χ4v) is 3.97. The van der Waals surface area contributed by atoms with E-state index in [1.165, 1.54) is 0 Å². The first-order valence-corrected chi connectivity index (χ1v) is 12.2. The molecule has 1 aliphatic heterocycles. The van der Waals surface area contributed by atoms with Gasteiger partial charge in [-0.25, -0.2) is 0 Å². The highest BCUT2D eigenvalue weighted by atomic mass is 16.5. The summed E-state index contributed by atoms with van der Waals surface area (Å²) in [5, 5.41) is 6.48. The molecule has 0 aromatic heterocycles. The van der Waals surface area contributed by atoms with Crippen molar-refractivity contribution in [2.75, 3.05) is 51.1 Å². The molecule has 0 unspecified atom stereocenters. The number of amides is 1. The number of hydrogen-bond acceptors (Lipinski definition) is 6. The van der Waals surface area contributed by atoms with E-state index >= 15 is 0 Å². The van der Waals surface area contributed by atoms with Crippen molar-refractivity contribution in [3.8, 4) is 17.2 Å². The summed E-state index contributed by atoms with van der Waals surface area (Å²) in [6.45, 7) is 6.29. The van der Waals surface area contributed by atoms with Crippen molar-refractivity contribution in [2.24, 2.45) is 0 Å². The second-order valence-corrected chi connectivity index (χ2v) is 8.58. The van der Waals surface area contributed by atoms with Crippen LogP contribution >= 0.6 is 0 Å². The number of likely N-dealkylation sites (N-methyl/N-ethyl adjacent to an activating group) is 1. The molecule has 36 heavy (non-hydrogen) atoms. The quantitative estimate of drug-likeness (QED) is 0.355. The van der Waals surface area contributed by atoms with Crippen molar-refractivity contribution in [3.05, 3.63) is 77.9 Å². The van der Waals surface area contributed by atoms with Crippen molar-refractivity contribution < 1.29 is 19.0 Å². The Bertz CT molecular complexity index is 1220. The molecule has 0 saturated heterocycles. The number of carbonyl (C=O) groups excluding carboxylic acids is 1. The molecule has 0 atom stereocenters. The van der Waals surface area contributed by atoms with E-state index in [0.29, 0.717) is 48.3 Å². The van der Waals surface area contributed by atoms with Crippen LogP contribution in [0, 0.1) is 0 Å². The highest BCUT2D eigenvalue weighted by Crippen LogP contribution is 2.43. The van der Waals surface area contributed by atoms with Crippen molar-refractivity contribution in [1.82, 2.24) is 4.90 Å². The highest BCUT2D eigenvalue weighted by molar-refractivity contribution is 6.37. The Hall–Kier alpha value is -3.97. The molecule has 0 bridgehead atoms. The van der Waals surface area contributed by atoms with Gasteiger partial charge in [-0.05, 0) is 63.8 Å². The van der Waals surface area contributed by atoms with Crippen molar-refractivity contribution in [3.63, 3.8) is 0 Å². The van der Waals surface area contributed by atoms with Gasteiger partial charge in [-0.3, -0.25) is 4.79 Å². The van der Waals surface area contributed by atoms with Gasteiger partial charge in [-0.15, -0.1) is 0 Å². The van der Waals surface area contributed by atoms with Crippen LogP contribution in [0.15, 0.2) is 66.7 Å². The summed E-state index contributed by atoms with van der Waals surface area (Å²) in [7, 11) is 4.03. The largest absolute Gasteiger partial charge is 0.492 e. The Labute approximate surface area is 212 Å². The molecule has 3 aromatic carbocycles. The number of rotatable bonds is 11. The maximum atomic E-state index is 13.3. The summed E-state index contributed by atoms with van der Waals surface area (Å²) in [6.07, 6.45) is 0. The average molecular weight is 488 g/mol. The van der Waals surface area contributed by atoms with Crippen LogP contribution in [0.25, 0.3) is 11.3 Å². The van der Waals surface area contributed by atoms with E-state index in [4.69, 9.17) is 14.2 Å². The van der Waals surface area contributed by atoms with Gasteiger partial charge in [0.2, 0.25) is 0 Å². The smallest absolute Gasteiger partial charge is 0.258 e. The molecule has 0 aliphatic carbocycles. The lowest BCUT2D eigenvalue weighted by Crippen LogP contribution is -2.19. The summed E-state index contributed by atoms with van der Waals surface area (Å²) >= 11 is 0. The van der Waals surface area contributed by atoms with E-state index in [1.54, 1.807) is 0 Å². The van der Waals surface area contributed by atoms with Gasteiger partial charge in [-0.1, -0.05) is 30.3 Å². The first-order chi connectivity index (χ1) is 17.5. The molecule has 0 fully saturated rings. The Morgan fingerprint density at radius 1 is 0.889 bits per heavy atom. The summed E-state index contributed by atoms with van der Waals surface area (Å²) in [5.74, 6) is 1.83. The summed E-state index contributed by atoms with van der Waals surface area (Å²) in [6, 6.07) is 21.3. The third-order valence-corrected chi connectivity index (χ3v) is 5.67. The van der Waals surface area contributed by atoms with E-state index in [1.807, 2.05) is 94.7 Å². The standard InChI is InChI=1S/C29H33N3O4/c1-5-34-25-18-23-24(19-26(25)35-6-2)31-29(33)27(23)28(20-10-8-7-9-11-20)30-21-12-14-22(15-13-21)36-17-16-32(3)4/h7-15,18-19,30H,5-6,16-17H2,1-4H3,(H,31,33). The van der Waals surface area contributed by atoms with Gasteiger partial charge in [-0.2, -0.15) is 0 Å². The fourth-order valence-electron chi connectivity index (χ4n) is 3.97. The second kappa shape index (κ2) is 11.6. The van der Waals surface area contributed by atoms with E-state index in [9.17, 15) is 4.79 Å². The van der Waals surface area contributed by atoms with Crippen molar-refractivity contribution in [2.45, 2.75) is 13.8 Å². The van der Waals surface area contributed by atoms with Crippen LogP contribution in [0.1, 0.15) is 25.0 Å². The maximum absolute atomic E-state index is 13.3. The minimum Gasteiger partial charge on any atom is -0.492 e. The molecule has 1 heterocycles. The number of benzene rings is 3. The van der Waals surface area contributed by atoms with Crippen LogP contribution < -0.4 is 24.8 Å². The number of carbonyl (C=O) groups is 1. The van der Waals surface area contributed by atoms with Crippen LogP contribution in [-0.4, -0.2) is 51.3 Å². The Morgan fingerprint density at radius 2 is 1.56 bits per heavy atom. The van der Waals surface area contributed by atoms with Crippen LogP contribution in [-0.2, 0) is 4.79 Å². The Morgan fingerprint density at radius 3 is 2.19 bits per heavy atom. The number of nitrogens with zero attached hydrogens (tertiary/aromatic N) is 1. The first kappa shape index (κ1) is 25.1. The number of fused-ring (bicyclic) bond motifs is 1. The molecule has 7 heteroatoms. The van der Waals surface area contributed by atoms with Gasteiger partial charge < -0.3 is 29.7 Å². The molecule has 1 amide bonds. The lowest BCUT2D eigenvalue weighted by atomic mass is 9.99. The van der Waals surface area contributed by atoms with Crippen LogP contribution in [0.5, 0.6) is 17.2 Å². The number of anilines is 2. The molecule has 7 nitrogen and oxygen atoms in total. The van der Waals surface area contributed by atoms with Gasteiger partial charge in [0.05, 0.1) is 30.2 Å². The van der Waals surface area contributed by atoms with E-state index in [0.717, 1.165) is 29.1 Å². The molecule has 0 saturated carbocycles. The van der Waals surface area contributed by atoms with Crippen LogP contribution in [0.4, 0.5) is 11.4 Å². The van der Waals surface area contributed by atoms with Gasteiger partial charge in [0.1, 0.15) is 12.4 Å². The van der Waals surface area contributed by atoms with Gasteiger partial charge in [0, 0.05) is 23.9 Å². The predicted octanol–water partition coefficient (Wildman–Crippen LogP) is 5.36. The molecule has 2 N–H and O–H groups in total. The van der Waals surface area contributed by atoms with E-state index < -0.39 is 0 Å². The third-order valence-electron chi connectivity index (χ3n) is 5.67. The van der Waals surface area contributed by atoms with E-state index in [-0.39, 0.29) is 5.91 Å². The zero-order chi connectivity index (χ0) is 25.5. The zero-order valence-corrected chi connectivity index (χ0v) is 21.3. The SMILES string of the molecule is CCOc1cc2c(cc1OCC)C(=C(Nc1ccc(OCCN(C)C)cc1)c1ccccc1)C(=O)N2. The Balaban J connectivity index is 1.73. The topological polar surface area (TPSA) is 72.1 Å². The summed E-state index contributed by atoms with van der Waals surface area (Å²) in [4.78, 5) is 15.4. The number of nitrogens with one attached hydrogen (secondary N) is 2. The highest BCUT2D eigenvalue weighted by Gasteiger charge is 2.30. The molecular formula is C29H33N3O4. The Kier molecular flexibility index (Phi) is 8.13. The molecule has 188 valence electrons. The number of ether oxygens (including phenoxy) is 3. The van der Waals surface area contributed by atoms with Crippen LogP contribution in [0.2, 0.25) is 0 Å². The van der Waals surface area contributed by atoms with Gasteiger partial charge >= 0.3 is 0 Å². The van der Waals surface area contributed by atoms with Crippen LogP contribution in [0.3, 0.4) is 0 Å². The summed E-state index contributed by atoms with van der Waals surface area (Å²) in [5.41, 5.74) is 4.46. The second-order valence-electron chi connectivity index (χ2n) is 8.58. The molecule has 1 aliphatic rings. The number of hydrogen-bond donors (Lipinski definition) is 2. The third kappa shape index (κ3) is 5.80. The lowest BCUT2D eigenvalue weighted by Gasteiger charge is -2.16. The molecule has 4 rings (SSSR count). The molecule has 0 spiro atoms. The molecule has 3 aromatic rings. The molecule has 0 radical (unpaired) electrons. The zero-order valence-electron chi connectivity index (χ0n) is 21.3. The summed E-state index contributed by atoms with van der Waals surface area (Å²) < 4.78 is 17.4. The average Bonchev–Trinajstić information content (AvgIpc) is 3.18. The minimum atomic E-state index is -0.184. The lowest BCUT2D eigenvalue weighted by molar-refractivity contribution is -0.110. The fraction of sp³-hybridized carbons (Fsp3) is 0.276. The van der Waals surface area contributed by atoms with Gasteiger partial charge in [0.25, 0.3) is 5.91 Å². The van der Waals surface area contributed by atoms with E-state index in [2.05, 4.69) is 15.5 Å². The maximum Gasteiger partial charge on any atom is 0.258 e. The van der Waals surface area contributed by atoms with Crippen molar-refractivity contribution >= 4 is 28.6 Å².